The summed E-state index contributed by atoms with van der Waals surface area (Å²) in [6.07, 6.45) is 0. The first kappa shape index (κ1) is 15.9. The number of nitrogens with two attached hydrogens (primary N) is 1. The molecule has 0 saturated carbocycles. The first-order valence-corrected chi connectivity index (χ1v) is 7.58. The van der Waals surface area contributed by atoms with Crippen molar-refractivity contribution in [2.45, 2.75) is 26.8 Å². The van der Waals surface area contributed by atoms with Crippen molar-refractivity contribution in [1.29, 1.82) is 0 Å². The standard InChI is InChI=1S/C18H23ClN2/c1-12-5-8-17(14(3)9-12)21(4)18(11-20)15-7-6-13(2)16(19)10-15/h5-10,18H,11,20H2,1-4H3. The molecule has 2 aromatic rings. The smallest absolute Gasteiger partial charge is 0.0662 e. The summed E-state index contributed by atoms with van der Waals surface area (Å²) in [4.78, 5) is 2.23. The highest BCUT2D eigenvalue weighted by molar-refractivity contribution is 6.31. The van der Waals surface area contributed by atoms with Crippen LogP contribution in [0, 0.1) is 20.8 Å². The molecule has 0 radical (unpaired) electrons. The molecular weight excluding hydrogens is 280 g/mol. The van der Waals surface area contributed by atoms with Crippen LogP contribution >= 0.6 is 11.6 Å². The molecule has 112 valence electrons. The lowest BCUT2D eigenvalue weighted by atomic mass is 10.0. The maximum atomic E-state index is 6.26. The molecule has 3 heteroatoms. The summed E-state index contributed by atoms with van der Waals surface area (Å²) in [5.74, 6) is 0. The largest absolute Gasteiger partial charge is 0.366 e. The van der Waals surface area contributed by atoms with E-state index < -0.39 is 0 Å². The Morgan fingerprint density at radius 2 is 1.76 bits per heavy atom. The van der Waals surface area contributed by atoms with Crippen LogP contribution in [-0.2, 0) is 0 Å². The number of hydrogen-bond donors (Lipinski definition) is 1. The van der Waals surface area contributed by atoms with Gasteiger partial charge in [-0.25, -0.2) is 0 Å². The second-order valence-electron chi connectivity index (χ2n) is 5.66. The predicted octanol–water partition coefficient (Wildman–Crippen LogP) is 4.40. The number of likely N-dealkylation sites (N-methyl/N-ethyl adjacent to an activating group) is 1. The lowest BCUT2D eigenvalue weighted by Gasteiger charge is -2.31. The summed E-state index contributed by atoms with van der Waals surface area (Å²) in [6, 6.07) is 12.8. The van der Waals surface area contributed by atoms with E-state index >= 15 is 0 Å². The van der Waals surface area contributed by atoms with Crippen molar-refractivity contribution in [3.05, 3.63) is 63.7 Å². The van der Waals surface area contributed by atoms with Gasteiger partial charge in [-0.3, -0.25) is 0 Å². The van der Waals surface area contributed by atoms with Gasteiger partial charge < -0.3 is 10.6 Å². The average molecular weight is 303 g/mol. The molecule has 0 aromatic heterocycles. The Morgan fingerprint density at radius 1 is 1.05 bits per heavy atom. The fourth-order valence-electron chi connectivity index (χ4n) is 2.70. The Hall–Kier alpha value is -1.51. The lowest BCUT2D eigenvalue weighted by Crippen LogP contribution is -2.31. The first-order valence-electron chi connectivity index (χ1n) is 7.20. The Morgan fingerprint density at radius 3 is 2.33 bits per heavy atom. The minimum absolute atomic E-state index is 0.115. The van der Waals surface area contributed by atoms with E-state index in [1.165, 1.54) is 16.8 Å². The molecule has 0 fully saturated rings. The van der Waals surface area contributed by atoms with Gasteiger partial charge in [0.2, 0.25) is 0 Å². The highest BCUT2D eigenvalue weighted by Gasteiger charge is 2.18. The summed E-state index contributed by atoms with van der Waals surface area (Å²) in [5, 5.41) is 0.792. The molecule has 0 bridgehead atoms. The summed E-state index contributed by atoms with van der Waals surface area (Å²) in [6.45, 7) is 6.80. The first-order chi connectivity index (χ1) is 9.93. The molecule has 1 atom stereocenters. The molecule has 0 aliphatic heterocycles. The fourth-order valence-corrected chi connectivity index (χ4v) is 2.89. The zero-order valence-corrected chi connectivity index (χ0v) is 13.9. The van der Waals surface area contributed by atoms with E-state index in [1.54, 1.807) is 0 Å². The third-order valence-electron chi connectivity index (χ3n) is 4.00. The van der Waals surface area contributed by atoms with Crippen LogP contribution < -0.4 is 10.6 Å². The molecule has 0 spiro atoms. The summed E-state index contributed by atoms with van der Waals surface area (Å²) < 4.78 is 0. The predicted molar refractivity (Wildman–Crippen MR) is 92.3 cm³/mol. The van der Waals surface area contributed by atoms with Crippen LogP contribution in [0.15, 0.2) is 36.4 Å². The van der Waals surface area contributed by atoms with Crippen LogP contribution in [0.25, 0.3) is 0 Å². The molecular formula is C18H23ClN2. The molecule has 2 aromatic carbocycles. The number of nitrogens with zero attached hydrogens (tertiary/aromatic N) is 1. The van der Waals surface area contributed by atoms with Gasteiger partial charge in [-0.15, -0.1) is 0 Å². The van der Waals surface area contributed by atoms with Crippen LogP contribution in [0.4, 0.5) is 5.69 Å². The second kappa shape index (κ2) is 6.50. The van der Waals surface area contributed by atoms with E-state index in [1.807, 2.05) is 13.0 Å². The molecule has 0 amide bonds. The Bertz CT molecular complexity index is 637. The number of halogens is 1. The third-order valence-corrected chi connectivity index (χ3v) is 4.41. The van der Waals surface area contributed by atoms with Gasteiger partial charge in [0.1, 0.15) is 0 Å². The van der Waals surface area contributed by atoms with Gasteiger partial charge >= 0.3 is 0 Å². The quantitative estimate of drug-likeness (QED) is 0.907. The Balaban J connectivity index is 2.37. The third kappa shape index (κ3) is 3.39. The number of hydrogen-bond acceptors (Lipinski definition) is 2. The summed E-state index contributed by atoms with van der Waals surface area (Å²) >= 11 is 6.26. The molecule has 2 N–H and O–H groups in total. The highest BCUT2D eigenvalue weighted by Crippen LogP contribution is 2.30. The number of anilines is 1. The van der Waals surface area contributed by atoms with Crippen LogP contribution in [0.1, 0.15) is 28.3 Å². The van der Waals surface area contributed by atoms with E-state index in [9.17, 15) is 0 Å². The molecule has 0 aliphatic carbocycles. The van der Waals surface area contributed by atoms with E-state index in [0.29, 0.717) is 6.54 Å². The van der Waals surface area contributed by atoms with Crippen LogP contribution in [0.5, 0.6) is 0 Å². The normalized spacial score (nSPS) is 12.3. The van der Waals surface area contributed by atoms with E-state index in [0.717, 1.165) is 16.1 Å². The highest BCUT2D eigenvalue weighted by atomic mass is 35.5. The molecule has 0 heterocycles. The van der Waals surface area contributed by atoms with Gasteiger partial charge in [0.25, 0.3) is 0 Å². The maximum absolute atomic E-state index is 6.26. The van der Waals surface area contributed by atoms with E-state index in [2.05, 4.69) is 56.1 Å². The topological polar surface area (TPSA) is 29.3 Å². The molecule has 0 aliphatic rings. The van der Waals surface area contributed by atoms with Crippen LogP contribution in [0.2, 0.25) is 5.02 Å². The zero-order valence-electron chi connectivity index (χ0n) is 13.2. The van der Waals surface area contributed by atoms with Crippen LogP contribution in [-0.4, -0.2) is 13.6 Å². The average Bonchev–Trinajstić information content (AvgIpc) is 2.43. The van der Waals surface area contributed by atoms with Crippen molar-refractivity contribution < 1.29 is 0 Å². The van der Waals surface area contributed by atoms with Crippen molar-refractivity contribution in [1.82, 2.24) is 0 Å². The summed E-state index contributed by atoms with van der Waals surface area (Å²) in [7, 11) is 2.09. The fraction of sp³-hybridized carbons (Fsp3) is 0.333. The van der Waals surface area contributed by atoms with Gasteiger partial charge in [-0.1, -0.05) is 41.4 Å². The van der Waals surface area contributed by atoms with Crippen molar-refractivity contribution in [3.8, 4) is 0 Å². The van der Waals surface area contributed by atoms with Gasteiger partial charge in [0.05, 0.1) is 6.04 Å². The Kier molecular flexibility index (Phi) is 4.92. The molecule has 1 unspecified atom stereocenters. The number of benzene rings is 2. The van der Waals surface area contributed by atoms with Crippen molar-refractivity contribution >= 4 is 17.3 Å². The molecule has 2 rings (SSSR count). The van der Waals surface area contributed by atoms with Gasteiger partial charge in [-0.05, 0) is 49.6 Å². The van der Waals surface area contributed by atoms with Crippen molar-refractivity contribution in [2.24, 2.45) is 5.73 Å². The van der Waals surface area contributed by atoms with Gasteiger partial charge in [0.15, 0.2) is 0 Å². The minimum Gasteiger partial charge on any atom is -0.366 e. The van der Waals surface area contributed by atoms with Crippen molar-refractivity contribution in [3.63, 3.8) is 0 Å². The SMILES string of the molecule is Cc1ccc(N(C)C(CN)c2ccc(C)c(Cl)c2)c(C)c1. The van der Waals surface area contributed by atoms with E-state index in [-0.39, 0.29) is 6.04 Å². The van der Waals surface area contributed by atoms with Crippen LogP contribution in [0.3, 0.4) is 0 Å². The second-order valence-corrected chi connectivity index (χ2v) is 6.07. The lowest BCUT2D eigenvalue weighted by molar-refractivity contribution is 0.679. The minimum atomic E-state index is 0.115. The van der Waals surface area contributed by atoms with Gasteiger partial charge in [0, 0.05) is 24.3 Å². The maximum Gasteiger partial charge on any atom is 0.0662 e. The number of rotatable bonds is 4. The molecule has 0 saturated heterocycles. The zero-order chi connectivity index (χ0) is 15.6. The molecule has 21 heavy (non-hydrogen) atoms. The summed E-state index contributed by atoms with van der Waals surface area (Å²) in [5.41, 5.74) is 12.0. The Labute approximate surface area is 132 Å². The van der Waals surface area contributed by atoms with Gasteiger partial charge in [-0.2, -0.15) is 0 Å². The van der Waals surface area contributed by atoms with Crippen molar-refractivity contribution in [2.75, 3.05) is 18.5 Å². The van der Waals surface area contributed by atoms with E-state index in [4.69, 9.17) is 17.3 Å². The molecule has 2 nitrogen and oxygen atoms in total. The monoisotopic (exact) mass is 302 g/mol. The number of aryl methyl sites for hydroxylation is 3.